The highest BCUT2D eigenvalue weighted by atomic mass is 79.9. The number of amides is 2. The minimum absolute atomic E-state index is 0.0616. The van der Waals surface area contributed by atoms with Gasteiger partial charge in [0.1, 0.15) is 6.04 Å². The highest BCUT2D eigenvalue weighted by Crippen LogP contribution is 2.23. The fourth-order valence-corrected chi connectivity index (χ4v) is 2.71. The molecule has 20 heavy (non-hydrogen) atoms. The van der Waals surface area contributed by atoms with Crippen molar-refractivity contribution >= 4 is 44.2 Å². The van der Waals surface area contributed by atoms with Crippen LogP contribution in [0.1, 0.15) is 12.8 Å². The first kappa shape index (κ1) is 13.1. The van der Waals surface area contributed by atoms with Gasteiger partial charge < -0.3 is 10.6 Å². The summed E-state index contributed by atoms with van der Waals surface area (Å²) in [5.41, 5.74) is 0.742. The van der Waals surface area contributed by atoms with Crippen molar-refractivity contribution in [2.75, 3.05) is 5.32 Å². The van der Waals surface area contributed by atoms with E-state index in [1.165, 1.54) is 0 Å². The molecule has 1 heterocycles. The van der Waals surface area contributed by atoms with E-state index in [1.807, 2.05) is 36.4 Å². The van der Waals surface area contributed by atoms with E-state index in [0.29, 0.717) is 12.8 Å². The molecule has 0 radical (unpaired) electrons. The van der Waals surface area contributed by atoms with Crippen molar-refractivity contribution in [1.29, 1.82) is 0 Å². The third-order valence-electron chi connectivity index (χ3n) is 3.38. The minimum atomic E-state index is -0.414. The zero-order chi connectivity index (χ0) is 14.1. The molecule has 0 saturated carbocycles. The average Bonchev–Trinajstić information content (AvgIpc) is 2.86. The van der Waals surface area contributed by atoms with Crippen LogP contribution in [0.4, 0.5) is 5.69 Å². The Morgan fingerprint density at radius 1 is 1.20 bits per heavy atom. The maximum Gasteiger partial charge on any atom is 0.246 e. The second-order valence-electron chi connectivity index (χ2n) is 4.85. The van der Waals surface area contributed by atoms with Crippen LogP contribution in [-0.2, 0) is 9.59 Å². The lowest BCUT2D eigenvalue weighted by atomic mass is 10.1. The molecule has 4 nitrogen and oxygen atoms in total. The highest BCUT2D eigenvalue weighted by molar-refractivity contribution is 9.10. The Morgan fingerprint density at radius 2 is 1.95 bits per heavy atom. The Balaban J connectivity index is 1.79. The lowest BCUT2D eigenvalue weighted by Gasteiger charge is -2.11. The van der Waals surface area contributed by atoms with E-state index in [0.717, 1.165) is 20.9 Å². The zero-order valence-corrected chi connectivity index (χ0v) is 12.2. The lowest BCUT2D eigenvalue weighted by molar-refractivity contribution is -0.122. The summed E-state index contributed by atoms with van der Waals surface area (Å²) in [7, 11) is 0. The molecule has 0 bridgehead atoms. The number of fused-ring (bicyclic) bond motifs is 1. The molecule has 102 valence electrons. The molecule has 2 aromatic rings. The van der Waals surface area contributed by atoms with E-state index < -0.39 is 6.04 Å². The van der Waals surface area contributed by atoms with Gasteiger partial charge in [0.15, 0.2) is 0 Å². The maximum atomic E-state index is 12.0. The van der Waals surface area contributed by atoms with Crippen molar-refractivity contribution in [1.82, 2.24) is 5.32 Å². The van der Waals surface area contributed by atoms with Crippen LogP contribution in [-0.4, -0.2) is 17.9 Å². The molecule has 3 rings (SSSR count). The van der Waals surface area contributed by atoms with Gasteiger partial charge in [-0.3, -0.25) is 9.59 Å². The summed E-state index contributed by atoms with van der Waals surface area (Å²) in [5.74, 6) is -0.221. The standard InChI is InChI=1S/C15H13BrN2O2/c16-11-3-1-10-8-12(4-2-9(10)7-11)17-15(20)13-5-6-14(19)18-13/h1-4,7-8,13H,5-6H2,(H,17,20)(H,18,19)/t13-/m0/s1. The van der Waals surface area contributed by atoms with E-state index in [2.05, 4.69) is 26.6 Å². The van der Waals surface area contributed by atoms with Gasteiger partial charge in [-0.2, -0.15) is 0 Å². The molecule has 1 saturated heterocycles. The van der Waals surface area contributed by atoms with Crippen LogP contribution in [0.15, 0.2) is 40.9 Å². The predicted octanol–water partition coefficient (Wildman–Crippen LogP) is 2.82. The van der Waals surface area contributed by atoms with E-state index in [4.69, 9.17) is 0 Å². The number of halogens is 1. The smallest absolute Gasteiger partial charge is 0.246 e. The van der Waals surface area contributed by atoms with Gasteiger partial charge in [-0.15, -0.1) is 0 Å². The Morgan fingerprint density at radius 3 is 2.70 bits per heavy atom. The van der Waals surface area contributed by atoms with Crippen LogP contribution in [0.5, 0.6) is 0 Å². The summed E-state index contributed by atoms with van der Waals surface area (Å²) in [4.78, 5) is 23.1. The van der Waals surface area contributed by atoms with Gasteiger partial charge in [0.25, 0.3) is 0 Å². The Kier molecular flexibility index (Phi) is 3.44. The highest BCUT2D eigenvalue weighted by Gasteiger charge is 2.27. The summed E-state index contributed by atoms with van der Waals surface area (Å²) in [6.07, 6.45) is 0.981. The number of anilines is 1. The van der Waals surface area contributed by atoms with Gasteiger partial charge in [0, 0.05) is 16.6 Å². The van der Waals surface area contributed by atoms with Gasteiger partial charge in [-0.1, -0.05) is 28.1 Å². The third-order valence-corrected chi connectivity index (χ3v) is 3.87. The first-order chi connectivity index (χ1) is 9.61. The second-order valence-corrected chi connectivity index (χ2v) is 5.77. The monoisotopic (exact) mass is 332 g/mol. The number of carbonyl (C=O) groups is 2. The fraction of sp³-hybridized carbons (Fsp3) is 0.200. The molecule has 0 aromatic heterocycles. The van der Waals surface area contributed by atoms with Crippen molar-refractivity contribution in [3.05, 3.63) is 40.9 Å². The van der Waals surface area contributed by atoms with Gasteiger partial charge in [0.2, 0.25) is 11.8 Å². The lowest BCUT2D eigenvalue weighted by Crippen LogP contribution is -2.37. The van der Waals surface area contributed by atoms with Crippen molar-refractivity contribution in [3.8, 4) is 0 Å². The average molecular weight is 333 g/mol. The topological polar surface area (TPSA) is 58.2 Å². The molecule has 1 fully saturated rings. The van der Waals surface area contributed by atoms with E-state index in [9.17, 15) is 9.59 Å². The number of hydrogen-bond donors (Lipinski definition) is 2. The number of benzene rings is 2. The number of rotatable bonds is 2. The molecule has 2 N–H and O–H groups in total. The summed E-state index contributed by atoms with van der Waals surface area (Å²) >= 11 is 3.43. The first-order valence-electron chi connectivity index (χ1n) is 6.41. The van der Waals surface area contributed by atoms with Crippen LogP contribution in [0.3, 0.4) is 0 Å². The van der Waals surface area contributed by atoms with Gasteiger partial charge >= 0.3 is 0 Å². The third kappa shape index (κ3) is 2.67. The molecular weight excluding hydrogens is 320 g/mol. The Labute approximate surface area is 124 Å². The van der Waals surface area contributed by atoms with Crippen LogP contribution in [0, 0.1) is 0 Å². The maximum absolute atomic E-state index is 12.0. The molecule has 1 aliphatic heterocycles. The van der Waals surface area contributed by atoms with Crippen molar-refractivity contribution < 1.29 is 9.59 Å². The SMILES string of the molecule is O=C1CC[C@@H](C(=O)Nc2ccc3cc(Br)ccc3c2)N1. The van der Waals surface area contributed by atoms with Crippen molar-refractivity contribution in [2.24, 2.45) is 0 Å². The Hall–Kier alpha value is -1.88. The molecule has 2 aromatic carbocycles. The normalized spacial score (nSPS) is 18.1. The largest absolute Gasteiger partial charge is 0.344 e. The van der Waals surface area contributed by atoms with Gasteiger partial charge in [-0.05, 0) is 41.5 Å². The molecule has 2 amide bonds. The molecule has 0 spiro atoms. The number of carbonyl (C=O) groups excluding carboxylic acids is 2. The molecule has 0 unspecified atom stereocenters. The molecule has 0 aliphatic carbocycles. The van der Waals surface area contributed by atoms with Crippen molar-refractivity contribution in [2.45, 2.75) is 18.9 Å². The Bertz CT molecular complexity index is 699. The number of hydrogen-bond acceptors (Lipinski definition) is 2. The van der Waals surface area contributed by atoms with Crippen LogP contribution < -0.4 is 10.6 Å². The van der Waals surface area contributed by atoms with E-state index >= 15 is 0 Å². The van der Waals surface area contributed by atoms with Gasteiger partial charge in [-0.25, -0.2) is 0 Å². The fourth-order valence-electron chi connectivity index (χ4n) is 2.33. The summed E-state index contributed by atoms with van der Waals surface area (Å²) in [5, 5.41) is 7.67. The van der Waals surface area contributed by atoms with Crippen molar-refractivity contribution in [3.63, 3.8) is 0 Å². The summed E-state index contributed by atoms with van der Waals surface area (Å²) in [6.45, 7) is 0. The van der Waals surface area contributed by atoms with Crippen LogP contribution >= 0.6 is 15.9 Å². The molecule has 5 heteroatoms. The summed E-state index contributed by atoms with van der Waals surface area (Å²) in [6, 6.07) is 11.3. The quantitative estimate of drug-likeness (QED) is 0.888. The van der Waals surface area contributed by atoms with E-state index in [1.54, 1.807) is 0 Å². The number of nitrogens with one attached hydrogen (secondary N) is 2. The van der Waals surface area contributed by atoms with Gasteiger partial charge in [0.05, 0.1) is 0 Å². The predicted molar refractivity (Wildman–Crippen MR) is 81.4 cm³/mol. The molecule has 1 aliphatic rings. The molecule has 1 atom stereocenters. The van der Waals surface area contributed by atoms with E-state index in [-0.39, 0.29) is 11.8 Å². The minimum Gasteiger partial charge on any atom is -0.344 e. The summed E-state index contributed by atoms with van der Waals surface area (Å²) < 4.78 is 1.02. The van der Waals surface area contributed by atoms with Crippen LogP contribution in [0.25, 0.3) is 10.8 Å². The molecular formula is C15H13BrN2O2. The first-order valence-corrected chi connectivity index (χ1v) is 7.21. The van der Waals surface area contributed by atoms with Crippen LogP contribution in [0.2, 0.25) is 0 Å². The zero-order valence-electron chi connectivity index (χ0n) is 10.7. The second kappa shape index (κ2) is 5.25.